The van der Waals surface area contributed by atoms with Crippen LogP contribution in [0.15, 0.2) is 61.2 Å². The van der Waals surface area contributed by atoms with E-state index in [2.05, 4.69) is 86.8 Å². The van der Waals surface area contributed by atoms with E-state index in [1.807, 2.05) is 0 Å². The molecule has 0 bridgehead atoms. The smallest absolute Gasteiger partial charge is 0.0366 e. The fourth-order valence-corrected chi connectivity index (χ4v) is 6.54. The summed E-state index contributed by atoms with van der Waals surface area (Å²) in [5.41, 5.74) is 6.04. The van der Waals surface area contributed by atoms with Gasteiger partial charge in [-0.2, -0.15) is 0 Å². The molecule has 2 atom stereocenters. The van der Waals surface area contributed by atoms with Gasteiger partial charge in [0, 0.05) is 18.8 Å². The van der Waals surface area contributed by atoms with Crippen LogP contribution in [0.1, 0.15) is 88.3 Å². The third kappa shape index (κ3) is 5.48. The van der Waals surface area contributed by atoms with Gasteiger partial charge in [-0.1, -0.05) is 94.8 Å². The summed E-state index contributed by atoms with van der Waals surface area (Å²) in [5, 5.41) is 0. The average molecular weight is 430 g/mol. The van der Waals surface area contributed by atoms with E-state index in [0.29, 0.717) is 11.3 Å². The maximum absolute atomic E-state index is 4.51. The molecule has 32 heavy (non-hydrogen) atoms. The zero-order valence-electron chi connectivity index (χ0n) is 20.7. The van der Waals surface area contributed by atoms with Gasteiger partial charge in [0.25, 0.3) is 0 Å². The fraction of sp³-hybridized carbons (Fsp3) is 0.548. The second kappa shape index (κ2) is 10.3. The molecule has 0 amide bonds. The monoisotopic (exact) mass is 429 g/mol. The first-order chi connectivity index (χ1) is 15.5. The van der Waals surface area contributed by atoms with Gasteiger partial charge in [-0.15, -0.1) is 0 Å². The van der Waals surface area contributed by atoms with Gasteiger partial charge in [0.2, 0.25) is 0 Å². The van der Waals surface area contributed by atoms with Gasteiger partial charge in [-0.3, -0.25) is 0 Å². The second-order valence-electron chi connectivity index (χ2n) is 11.1. The predicted octanol–water partition coefficient (Wildman–Crippen LogP) is 8.32. The molecule has 1 heteroatoms. The Hall–Kier alpha value is -2.02. The highest BCUT2D eigenvalue weighted by Gasteiger charge is 2.42. The van der Waals surface area contributed by atoms with E-state index in [9.17, 15) is 0 Å². The van der Waals surface area contributed by atoms with Gasteiger partial charge in [0.1, 0.15) is 0 Å². The summed E-state index contributed by atoms with van der Waals surface area (Å²) in [4.78, 5) is 2.56. The summed E-state index contributed by atoms with van der Waals surface area (Å²) >= 11 is 0. The number of piperidine rings is 1. The van der Waals surface area contributed by atoms with E-state index in [1.165, 1.54) is 61.8 Å². The summed E-state index contributed by atoms with van der Waals surface area (Å²) < 4.78 is 0. The van der Waals surface area contributed by atoms with Crippen molar-refractivity contribution in [2.24, 2.45) is 17.3 Å². The van der Waals surface area contributed by atoms with E-state index >= 15 is 0 Å². The normalized spacial score (nSPS) is 22.9. The van der Waals surface area contributed by atoms with Crippen molar-refractivity contribution in [3.63, 3.8) is 0 Å². The molecular formula is C31H43N. The summed E-state index contributed by atoms with van der Waals surface area (Å²) in [6.07, 6.45) is 10.7. The molecule has 2 aromatic carbocycles. The van der Waals surface area contributed by atoms with Crippen molar-refractivity contribution in [1.82, 2.24) is 4.90 Å². The minimum Gasteiger partial charge on any atom is -0.371 e. The Bertz CT molecular complexity index is 855. The molecule has 1 aliphatic carbocycles. The van der Waals surface area contributed by atoms with Crippen molar-refractivity contribution >= 4 is 5.70 Å². The molecule has 2 unspecified atom stereocenters. The summed E-state index contributed by atoms with van der Waals surface area (Å²) in [7, 11) is 0. The maximum atomic E-state index is 4.51. The molecule has 0 radical (unpaired) electrons. The first kappa shape index (κ1) is 23.1. The Morgan fingerprint density at radius 1 is 1.00 bits per heavy atom. The SMILES string of the molecule is C=C(c1ccc(CC(C)C)cc1)N1CCC2(CC1)CC(CCC)CC(c1ccccc1)C2. The van der Waals surface area contributed by atoms with Crippen LogP contribution in [0.4, 0.5) is 0 Å². The van der Waals surface area contributed by atoms with Crippen molar-refractivity contribution in [1.29, 1.82) is 0 Å². The van der Waals surface area contributed by atoms with Crippen molar-refractivity contribution in [2.75, 3.05) is 13.1 Å². The molecule has 2 aliphatic rings. The number of hydrogen-bond acceptors (Lipinski definition) is 1. The van der Waals surface area contributed by atoms with Crippen LogP contribution in [-0.2, 0) is 6.42 Å². The molecule has 1 heterocycles. The minimum atomic E-state index is 0.524. The molecule has 1 saturated carbocycles. The molecule has 1 spiro atoms. The molecule has 2 aromatic rings. The molecule has 1 saturated heterocycles. The second-order valence-corrected chi connectivity index (χ2v) is 11.1. The van der Waals surface area contributed by atoms with Crippen molar-refractivity contribution in [3.8, 4) is 0 Å². The largest absolute Gasteiger partial charge is 0.371 e. The lowest BCUT2D eigenvalue weighted by atomic mass is 9.59. The number of nitrogens with zero attached hydrogens (tertiary/aromatic N) is 1. The lowest BCUT2D eigenvalue weighted by molar-refractivity contribution is 0.0510. The number of hydrogen-bond donors (Lipinski definition) is 0. The maximum Gasteiger partial charge on any atom is 0.0366 e. The Kier molecular flexibility index (Phi) is 7.44. The fourth-order valence-electron chi connectivity index (χ4n) is 6.54. The summed E-state index contributed by atoms with van der Waals surface area (Å²) in [6.45, 7) is 13.8. The molecule has 0 N–H and O–H groups in total. The van der Waals surface area contributed by atoms with Crippen LogP contribution >= 0.6 is 0 Å². The van der Waals surface area contributed by atoms with Gasteiger partial charge in [0.05, 0.1) is 0 Å². The summed E-state index contributed by atoms with van der Waals surface area (Å²) in [6, 6.07) is 20.5. The highest BCUT2D eigenvalue weighted by Crippen LogP contribution is 2.53. The Morgan fingerprint density at radius 2 is 1.69 bits per heavy atom. The van der Waals surface area contributed by atoms with Gasteiger partial charge in [-0.05, 0) is 78.4 Å². The molecule has 172 valence electrons. The quantitative estimate of drug-likeness (QED) is 0.427. The van der Waals surface area contributed by atoms with Crippen LogP contribution < -0.4 is 0 Å². The number of rotatable bonds is 7. The molecule has 2 fully saturated rings. The third-order valence-electron chi connectivity index (χ3n) is 8.12. The van der Waals surface area contributed by atoms with Crippen LogP contribution in [0.5, 0.6) is 0 Å². The zero-order valence-corrected chi connectivity index (χ0v) is 20.7. The Balaban J connectivity index is 1.42. The van der Waals surface area contributed by atoms with Crippen LogP contribution in [0.25, 0.3) is 5.70 Å². The van der Waals surface area contributed by atoms with E-state index < -0.39 is 0 Å². The first-order valence-corrected chi connectivity index (χ1v) is 13.1. The standard InChI is InChI=1S/C31H43N/c1-5-9-27-21-30(29-10-7-6-8-11-29)23-31(22-27)16-18-32(19-17-31)25(4)28-14-12-26(13-15-28)20-24(2)3/h6-8,10-15,24,27,30H,4-5,9,16-23H2,1-3H3. The van der Waals surface area contributed by atoms with Crippen LogP contribution in [0.2, 0.25) is 0 Å². The highest BCUT2D eigenvalue weighted by molar-refractivity contribution is 5.62. The topological polar surface area (TPSA) is 3.24 Å². The van der Waals surface area contributed by atoms with Crippen LogP contribution in [-0.4, -0.2) is 18.0 Å². The molecular weight excluding hydrogens is 386 g/mol. The zero-order chi connectivity index (χ0) is 22.6. The van der Waals surface area contributed by atoms with Crippen LogP contribution in [0, 0.1) is 17.3 Å². The van der Waals surface area contributed by atoms with Gasteiger partial charge < -0.3 is 4.90 Å². The lowest BCUT2D eigenvalue weighted by Crippen LogP contribution is -2.43. The highest BCUT2D eigenvalue weighted by atomic mass is 15.1. The van der Waals surface area contributed by atoms with Crippen molar-refractivity contribution in [3.05, 3.63) is 77.9 Å². The van der Waals surface area contributed by atoms with Crippen LogP contribution in [0.3, 0.4) is 0 Å². The van der Waals surface area contributed by atoms with Gasteiger partial charge >= 0.3 is 0 Å². The van der Waals surface area contributed by atoms with E-state index in [-0.39, 0.29) is 0 Å². The van der Waals surface area contributed by atoms with Crippen molar-refractivity contribution in [2.45, 2.75) is 78.1 Å². The Morgan fingerprint density at radius 3 is 2.31 bits per heavy atom. The number of likely N-dealkylation sites (tertiary alicyclic amines) is 1. The molecule has 1 nitrogen and oxygen atoms in total. The summed E-state index contributed by atoms with van der Waals surface area (Å²) in [5.74, 6) is 2.33. The minimum absolute atomic E-state index is 0.524. The Labute approximate surface area is 196 Å². The van der Waals surface area contributed by atoms with Gasteiger partial charge in [0.15, 0.2) is 0 Å². The molecule has 1 aliphatic heterocycles. The third-order valence-corrected chi connectivity index (χ3v) is 8.12. The average Bonchev–Trinajstić information content (AvgIpc) is 2.80. The molecule has 0 aromatic heterocycles. The van der Waals surface area contributed by atoms with E-state index in [0.717, 1.165) is 31.3 Å². The van der Waals surface area contributed by atoms with E-state index in [4.69, 9.17) is 0 Å². The predicted molar refractivity (Wildman–Crippen MR) is 139 cm³/mol. The lowest BCUT2D eigenvalue weighted by Gasteiger charge is -2.50. The van der Waals surface area contributed by atoms with Crippen molar-refractivity contribution < 1.29 is 0 Å². The molecule has 4 rings (SSSR count). The first-order valence-electron chi connectivity index (χ1n) is 13.1. The van der Waals surface area contributed by atoms with Gasteiger partial charge in [-0.25, -0.2) is 0 Å². The van der Waals surface area contributed by atoms with E-state index in [1.54, 1.807) is 5.56 Å². The number of benzene rings is 2.